The van der Waals surface area contributed by atoms with Crippen molar-refractivity contribution >= 4 is 0 Å². The number of piperidine rings is 1. The summed E-state index contributed by atoms with van der Waals surface area (Å²) in [4.78, 5) is 2.55. The number of nitrogens with one attached hydrogen (secondary N) is 1. The summed E-state index contributed by atoms with van der Waals surface area (Å²) in [7, 11) is 2.04. The third-order valence-corrected chi connectivity index (χ3v) is 4.60. The minimum Gasteiger partial charge on any atom is -0.320 e. The number of likely N-dealkylation sites (tertiary alicyclic amines) is 1. The molecule has 1 aliphatic heterocycles. The zero-order valence-electron chi connectivity index (χ0n) is 13.3. The van der Waals surface area contributed by atoms with Crippen molar-refractivity contribution in [3.63, 3.8) is 0 Å². The minimum absolute atomic E-state index is 0.510. The third kappa shape index (κ3) is 4.32. The van der Waals surface area contributed by atoms with Crippen molar-refractivity contribution in [2.45, 2.75) is 52.1 Å². The van der Waals surface area contributed by atoms with E-state index in [0.717, 1.165) is 25.4 Å². The van der Waals surface area contributed by atoms with Crippen molar-refractivity contribution in [1.82, 2.24) is 20.0 Å². The molecule has 1 unspecified atom stereocenters. The maximum absolute atomic E-state index is 4.71. The van der Waals surface area contributed by atoms with Gasteiger partial charge < -0.3 is 5.32 Å². The molecule has 1 aromatic rings. The first-order chi connectivity index (χ1) is 9.72. The van der Waals surface area contributed by atoms with Gasteiger partial charge >= 0.3 is 0 Å². The van der Waals surface area contributed by atoms with Crippen molar-refractivity contribution in [2.75, 3.05) is 26.7 Å². The zero-order valence-corrected chi connectivity index (χ0v) is 13.3. The average molecular weight is 278 g/mol. The predicted molar refractivity (Wildman–Crippen MR) is 83.8 cm³/mol. The lowest BCUT2D eigenvalue weighted by Crippen LogP contribution is -2.34. The van der Waals surface area contributed by atoms with Crippen LogP contribution in [-0.2, 0) is 6.54 Å². The smallest absolute Gasteiger partial charge is 0.0764 e. The number of rotatable bonds is 7. The fourth-order valence-corrected chi connectivity index (χ4v) is 2.91. The van der Waals surface area contributed by atoms with E-state index < -0.39 is 0 Å². The molecule has 114 valence electrons. The van der Waals surface area contributed by atoms with Crippen molar-refractivity contribution in [3.8, 4) is 0 Å². The molecule has 1 N–H and O–H groups in total. The van der Waals surface area contributed by atoms with Gasteiger partial charge in [-0.1, -0.05) is 6.92 Å². The Bertz CT molecular complexity index is 380. The van der Waals surface area contributed by atoms with Crippen LogP contribution >= 0.6 is 0 Å². The van der Waals surface area contributed by atoms with Crippen molar-refractivity contribution < 1.29 is 0 Å². The normalized spacial score (nSPS) is 19.4. The fraction of sp³-hybridized carbons (Fsp3) is 0.812. The molecule has 0 aromatic carbocycles. The Morgan fingerprint density at radius 3 is 2.80 bits per heavy atom. The van der Waals surface area contributed by atoms with Gasteiger partial charge in [-0.3, -0.25) is 9.58 Å². The monoisotopic (exact) mass is 278 g/mol. The van der Waals surface area contributed by atoms with E-state index in [0.29, 0.717) is 6.04 Å². The lowest BCUT2D eigenvalue weighted by molar-refractivity contribution is 0.170. The molecular weight excluding hydrogens is 248 g/mol. The summed E-state index contributed by atoms with van der Waals surface area (Å²) >= 11 is 0. The topological polar surface area (TPSA) is 33.1 Å². The van der Waals surface area contributed by atoms with Crippen LogP contribution in [0.25, 0.3) is 0 Å². The van der Waals surface area contributed by atoms with Crippen molar-refractivity contribution in [1.29, 1.82) is 0 Å². The molecule has 0 spiro atoms. The quantitative estimate of drug-likeness (QED) is 0.832. The Hall–Kier alpha value is -0.870. The minimum atomic E-state index is 0.510. The summed E-state index contributed by atoms with van der Waals surface area (Å²) in [5, 5.41) is 7.97. The molecule has 1 atom stereocenters. The molecule has 4 heteroatoms. The van der Waals surface area contributed by atoms with Gasteiger partial charge in [0.2, 0.25) is 0 Å². The summed E-state index contributed by atoms with van der Waals surface area (Å²) < 4.78 is 2.11. The maximum Gasteiger partial charge on any atom is 0.0764 e. The van der Waals surface area contributed by atoms with Crippen LogP contribution in [0.5, 0.6) is 0 Å². The van der Waals surface area contributed by atoms with E-state index in [4.69, 9.17) is 5.10 Å². The van der Waals surface area contributed by atoms with E-state index in [1.165, 1.54) is 38.0 Å². The van der Waals surface area contributed by atoms with Gasteiger partial charge in [-0.05, 0) is 71.3 Å². The molecule has 0 radical (unpaired) electrons. The first kappa shape index (κ1) is 15.5. The Labute approximate surface area is 123 Å². The second-order valence-corrected chi connectivity index (χ2v) is 6.16. The molecule has 20 heavy (non-hydrogen) atoms. The number of aromatic nitrogens is 2. The summed E-state index contributed by atoms with van der Waals surface area (Å²) in [6, 6.07) is 2.69. The highest BCUT2D eigenvalue weighted by atomic mass is 15.3. The average Bonchev–Trinajstić information content (AvgIpc) is 2.94. The molecule has 2 heterocycles. The van der Waals surface area contributed by atoms with Crippen LogP contribution in [0.2, 0.25) is 0 Å². The number of nitrogens with zero attached hydrogens (tertiary/aromatic N) is 3. The number of hydrogen-bond acceptors (Lipinski definition) is 3. The highest BCUT2D eigenvalue weighted by Crippen LogP contribution is 2.21. The molecule has 0 amide bonds. The summed E-state index contributed by atoms with van der Waals surface area (Å²) in [6.07, 6.45) is 7.27. The molecule has 0 aliphatic carbocycles. The fourth-order valence-electron chi connectivity index (χ4n) is 2.91. The largest absolute Gasteiger partial charge is 0.320 e. The third-order valence-electron chi connectivity index (χ3n) is 4.60. The van der Waals surface area contributed by atoms with Crippen LogP contribution in [-0.4, -0.2) is 41.4 Å². The molecule has 1 fully saturated rings. The molecule has 1 aromatic heterocycles. The Balaban J connectivity index is 1.76. The van der Waals surface area contributed by atoms with E-state index in [-0.39, 0.29) is 0 Å². The van der Waals surface area contributed by atoms with Gasteiger partial charge in [0.1, 0.15) is 0 Å². The maximum atomic E-state index is 4.71. The first-order valence-corrected chi connectivity index (χ1v) is 8.14. The number of hydrogen-bond donors (Lipinski definition) is 1. The van der Waals surface area contributed by atoms with E-state index in [1.807, 2.05) is 7.05 Å². The first-order valence-electron chi connectivity index (χ1n) is 8.14. The second-order valence-electron chi connectivity index (χ2n) is 6.16. The van der Waals surface area contributed by atoms with Gasteiger partial charge in [-0.15, -0.1) is 0 Å². The second kappa shape index (κ2) is 7.79. The zero-order chi connectivity index (χ0) is 14.4. The standard InChI is InChI=1S/C16H30N4/c1-4-14(2)20-12-8-16(18-20)13-19-10-6-15(7-11-19)5-9-17-3/h8,12,14-15,17H,4-7,9-11,13H2,1-3H3. The summed E-state index contributed by atoms with van der Waals surface area (Å²) in [5.74, 6) is 0.913. The highest BCUT2D eigenvalue weighted by Gasteiger charge is 2.19. The van der Waals surface area contributed by atoms with Crippen LogP contribution in [0.3, 0.4) is 0 Å². The Morgan fingerprint density at radius 1 is 1.40 bits per heavy atom. The van der Waals surface area contributed by atoms with Gasteiger partial charge in [-0.2, -0.15) is 5.10 Å². The molecule has 1 aliphatic rings. The van der Waals surface area contributed by atoms with Crippen LogP contribution in [0, 0.1) is 5.92 Å². The van der Waals surface area contributed by atoms with Gasteiger partial charge in [-0.25, -0.2) is 0 Å². The van der Waals surface area contributed by atoms with Crippen LogP contribution in [0.1, 0.15) is 51.3 Å². The van der Waals surface area contributed by atoms with E-state index in [2.05, 4.69) is 41.0 Å². The molecule has 4 nitrogen and oxygen atoms in total. The van der Waals surface area contributed by atoms with Gasteiger partial charge in [0, 0.05) is 18.8 Å². The van der Waals surface area contributed by atoms with Crippen LogP contribution < -0.4 is 5.32 Å². The van der Waals surface area contributed by atoms with Crippen molar-refractivity contribution in [2.24, 2.45) is 5.92 Å². The van der Waals surface area contributed by atoms with Gasteiger partial charge in [0.15, 0.2) is 0 Å². The van der Waals surface area contributed by atoms with Crippen molar-refractivity contribution in [3.05, 3.63) is 18.0 Å². The molecular formula is C16H30N4. The lowest BCUT2D eigenvalue weighted by atomic mass is 9.93. The van der Waals surface area contributed by atoms with Gasteiger partial charge in [0.05, 0.1) is 5.69 Å². The predicted octanol–water partition coefficient (Wildman–Crippen LogP) is 2.68. The summed E-state index contributed by atoms with van der Waals surface area (Å²) in [6.45, 7) is 9.06. The van der Waals surface area contributed by atoms with Crippen LogP contribution in [0.4, 0.5) is 0 Å². The molecule has 0 saturated carbocycles. The molecule has 1 saturated heterocycles. The highest BCUT2D eigenvalue weighted by molar-refractivity contribution is 5.00. The SMILES string of the molecule is CCC(C)n1ccc(CN2CCC(CCNC)CC2)n1. The van der Waals surface area contributed by atoms with Crippen LogP contribution in [0.15, 0.2) is 12.3 Å². The Kier molecular flexibility index (Phi) is 6.05. The van der Waals surface area contributed by atoms with E-state index in [1.54, 1.807) is 0 Å². The molecule has 2 rings (SSSR count). The lowest BCUT2D eigenvalue weighted by Gasteiger charge is -2.31. The van der Waals surface area contributed by atoms with Gasteiger partial charge in [0.25, 0.3) is 0 Å². The van der Waals surface area contributed by atoms with E-state index >= 15 is 0 Å². The van der Waals surface area contributed by atoms with E-state index in [9.17, 15) is 0 Å². The Morgan fingerprint density at radius 2 is 2.15 bits per heavy atom. The molecule has 0 bridgehead atoms. The summed E-state index contributed by atoms with van der Waals surface area (Å²) in [5.41, 5.74) is 1.22.